The van der Waals surface area contributed by atoms with Crippen molar-refractivity contribution in [3.63, 3.8) is 0 Å². The number of oxazole rings is 1. The number of hydrogen-bond donors (Lipinski definition) is 1. The van der Waals surface area contributed by atoms with Gasteiger partial charge in [0.25, 0.3) is 0 Å². The molecule has 1 unspecified atom stereocenters. The lowest BCUT2D eigenvalue weighted by Gasteiger charge is -2.36. The summed E-state index contributed by atoms with van der Waals surface area (Å²) in [5.74, 6) is 0.441. The fraction of sp³-hybridized carbons (Fsp3) is 0.310. The molecule has 2 aromatic carbocycles. The number of methoxy groups -OCH3 is 1. The number of hydrogen-bond acceptors (Lipinski definition) is 10. The lowest BCUT2D eigenvalue weighted by molar-refractivity contribution is -0.0950. The molecule has 2 N–H and O–H groups in total. The minimum absolute atomic E-state index is 0.0325. The molecule has 214 valence electrons. The number of rotatable bonds is 11. The first-order valence-corrected chi connectivity index (χ1v) is 14.5. The fourth-order valence-electron chi connectivity index (χ4n) is 4.83. The molecule has 11 nitrogen and oxygen atoms in total. The van der Waals surface area contributed by atoms with Gasteiger partial charge in [-0.2, -0.15) is 0 Å². The van der Waals surface area contributed by atoms with Gasteiger partial charge in [0.05, 0.1) is 23.7 Å². The van der Waals surface area contributed by atoms with Crippen molar-refractivity contribution < 1.29 is 27.0 Å². The summed E-state index contributed by atoms with van der Waals surface area (Å²) < 4.78 is 46.7. The summed E-state index contributed by atoms with van der Waals surface area (Å²) in [7, 11) is -2.17. The van der Waals surface area contributed by atoms with Crippen LogP contribution < -0.4 is 5.14 Å². The maximum absolute atomic E-state index is 11.9. The van der Waals surface area contributed by atoms with Gasteiger partial charge >= 0.3 is 0 Å². The van der Waals surface area contributed by atoms with E-state index in [1.165, 1.54) is 12.1 Å². The first-order chi connectivity index (χ1) is 19.8. The summed E-state index contributed by atoms with van der Waals surface area (Å²) in [6.45, 7) is 1.34. The van der Waals surface area contributed by atoms with Gasteiger partial charge in [-0.15, -0.1) is 4.91 Å². The van der Waals surface area contributed by atoms with Crippen LogP contribution in [0.5, 0.6) is 0 Å². The summed E-state index contributed by atoms with van der Waals surface area (Å²) in [6.07, 6.45) is 4.96. The van der Waals surface area contributed by atoms with E-state index < -0.39 is 21.7 Å². The summed E-state index contributed by atoms with van der Waals surface area (Å²) >= 11 is 0. The van der Waals surface area contributed by atoms with E-state index in [9.17, 15) is 13.3 Å². The van der Waals surface area contributed by atoms with E-state index in [2.05, 4.69) is 15.1 Å². The lowest BCUT2D eigenvalue weighted by Crippen LogP contribution is -2.35. The van der Waals surface area contributed by atoms with Crippen LogP contribution in [0.3, 0.4) is 0 Å². The molecule has 2 aromatic heterocycles. The largest absolute Gasteiger partial charge is 0.437 e. The van der Waals surface area contributed by atoms with Crippen molar-refractivity contribution in [3.8, 4) is 22.6 Å². The predicted octanol–water partition coefficient (Wildman–Crippen LogP) is 4.73. The molecular formula is C29H30N4O7S. The van der Waals surface area contributed by atoms with Crippen molar-refractivity contribution in [2.45, 2.75) is 36.0 Å². The van der Waals surface area contributed by atoms with Gasteiger partial charge in [0.2, 0.25) is 15.9 Å². The Morgan fingerprint density at radius 1 is 1.05 bits per heavy atom. The molecule has 4 aromatic rings. The van der Waals surface area contributed by atoms with Crippen molar-refractivity contribution in [1.29, 1.82) is 0 Å². The number of nitrogens with zero attached hydrogens (tertiary/aromatic N) is 3. The number of aromatic nitrogens is 2. The van der Waals surface area contributed by atoms with Crippen molar-refractivity contribution >= 4 is 10.0 Å². The Kier molecular flexibility index (Phi) is 8.66. The zero-order valence-electron chi connectivity index (χ0n) is 22.4. The Morgan fingerprint density at radius 2 is 1.78 bits per heavy atom. The van der Waals surface area contributed by atoms with Crippen LogP contribution in [0.2, 0.25) is 0 Å². The lowest BCUT2D eigenvalue weighted by atomic mass is 9.86. The van der Waals surface area contributed by atoms with E-state index in [0.717, 1.165) is 29.5 Å². The van der Waals surface area contributed by atoms with Gasteiger partial charge in [-0.05, 0) is 35.9 Å². The van der Waals surface area contributed by atoms with Gasteiger partial charge in [0.1, 0.15) is 5.69 Å². The zero-order valence-corrected chi connectivity index (χ0v) is 23.2. The van der Waals surface area contributed by atoms with Crippen molar-refractivity contribution in [2.75, 3.05) is 26.9 Å². The van der Waals surface area contributed by atoms with Crippen LogP contribution in [0, 0.1) is 4.91 Å². The Labute approximate surface area is 237 Å². The van der Waals surface area contributed by atoms with E-state index in [0.29, 0.717) is 30.2 Å². The highest BCUT2D eigenvalue weighted by Gasteiger charge is 2.35. The topological polar surface area (TPSA) is 156 Å². The third-order valence-corrected chi connectivity index (χ3v) is 8.03. The normalized spacial score (nSPS) is 15.9. The number of ether oxygens (including phenoxy) is 3. The predicted molar refractivity (Wildman–Crippen MR) is 150 cm³/mol. The number of benzene rings is 2. The Morgan fingerprint density at radius 3 is 2.44 bits per heavy atom. The Bertz CT molecular complexity index is 1590. The summed E-state index contributed by atoms with van der Waals surface area (Å²) in [4.78, 5) is 20.8. The maximum Gasteiger partial charge on any atom is 0.238 e. The van der Waals surface area contributed by atoms with Crippen LogP contribution in [0.15, 0.2) is 87.5 Å². The molecule has 1 atom stereocenters. The van der Waals surface area contributed by atoms with Gasteiger partial charge < -0.3 is 18.6 Å². The number of pyridine rings is 1. The first-order valence-electron chi connectivity index (χ1n) is 13.0. The molecule has 12 heteroatoms. The molecule has 1 saturated heterocycles. The van der Waals surface area contributed by atoms with E-state index in [1.54, 1.807) is 31.6 Å². The molecule has 1 aliphatic heterocycles. The summed E-state index contributed by atoms with van der Waals surface area (Å²) in [5.41, 5.74) is 3.11. The minimum atomic E-state index is -3.86. The van der Waals surface area contributed by atoms with Crippen LogP contribution in [0.25, 0.3) is 22.6 Å². The molecule has 0 amide bonds. The standard InChI is InChI=1S/C29H30N4O7S/c1-37-29(11-13-38-14-12-29)23-15-20(16-31-17-23)18-39-19-25(33-34)28-32-26(21-5-3-2-4-6-21)27(40-28)22-7-9-24(10-8-22)41(30,35)36/h2-10,15-17,25H,11-14,18-19H2,1H3,(H2,30,35,36). The van der Waals surface area contributed by atoms with Crippen LogP contribution in [-0.4, -0.2) is 45.3 Å². The zero-order chi connectivity index (χ0) is 28.9. The molecule has 3 heterocycles. The highest BCUT2D eigenvalue weighted by atomic mass is 32.2. The molecule has 1 fully saturated rings. The van der Waals surface area contributed by atoms with Gasteiger partial charge in [-0.25, -0.2) is 18.5 Å². The molecule has 0 bridgehead atoms. The minimum Gasteiger partial charge on any atom is -0.437 e. The van der Waals surface area contributed by atoms with Crippen molar-refractivity contribution in [3.05, 3.63) is 95.0 Å². The second kappa shape index (κ2) is 12.4. The van der Waals surface area contributed by atoms with Crippen molar-refractivity contribution in [2.24, 2.45) is 10.3 Å². The summed E-state index contributed by atoms with van der Waals surface area (Å²) in [6, 6.07) is 16.2. The highest BCUT2D eigenvalue weighted by molar-refractivity contribution is 7.89. The fourth-order valence-corrected chi connectivity index (χ4v) is 5.34. The van der Waals surface area contributed by atoms with Crippen LogP contribution in [-0.2, 0) is 36.4 Å². The monoisotopic (exact) mass is 578 g/mol. The molecule has 1 aliphatic rings. The van der Waals surface area contributed by atoms with E-state index >= 15 is 0 Å². The van der Waals surface area contributed by atoms with E-state index in [4.69, 9.17) is 23.8 Å². The molecule has 0 saturated carbocycles. The Hall–Kier alpha value is -3.81. The highest BCUT2D eigenvalue weighted by Crippen LogP contribution is 2.37. The van der Waals surface area contributed by atoms with Gasteiger partial charge in [-0.3, -0.25) is 4.98 Å². The number of nitrogens with two attached hydrogens (primary N) is 1. The van der Waals surface area contributed by atoms with Gasteiger partial charge in [0, 0.05) is 62.2 Å². The second-order valence-electron chi connectivity index (χ2n) is 9.69. The number of sulfonamides is 1. The van der Waals surface area contributed by atoms with Crippen LogP contribution in [0.4, 0.5) is 0 Å². The van der Waals surface area contributed by atoms with Crippen LogP contribution >= 0.6 is 0 Å². The molecule has 41 heavy (non-hydrogen) atoms. The smallest absolute Gasteiger partial charge is 0.238 e. The molecule has 5 rings (SSSR count). The molecular weight excluding hydrogens is 548 g/mol. The molecule has 0 spiro atoms. The Balaban J connectivity index is 1.36. The van der Waals surface area contributed by atoms with E-state index in [1.807, 2.05) is 36.4 Å². The first kappa shape index (κ1) is 28.7. The average Bonchev–Trinajstić information content (AvgIpc) is 3.45. The van der Waals surface area contributed by atoms with Crippen LogP contribution in [0.1, 0.15) is 35.9 Å². The second-order valence-corrected chi connectivity index (χ2v) is 11.3. The quantitative estimate of drug-likeness (QED) is 0.249. The van der Waals surface area contributed by atoms with Gasteiger partial charge in [-0.1, -0.05) is 35.5 Å². The van der Waals surface area contributed by atoms with Gasteiger partial charge in [0.15, 0.2) is 11.8 Å². The maximum atomic E-state index is 11.9. The number of nitroso groups, excluding NO2 is 1. The average molecular weight is 579 g/mol. The molecule has 0 aliphatic carbocycles. The SMILES string of the molecule is COC1(c2cncc(COCC(N=O)c3nc(-c4ccccc4)c(-c4ccc(S(N)(=O)=O)cc4)o3)c2)CCOCC1. The summed E-state index contributed by atoms with van der Waals surface area (Å²) in [5, 5.41) is 8.45. The third kappa shape index (κ3) is 6.42. The number of primary sulfonamides is 1. The van der Waals surface area contributed by atoms with Crippen molar-refractivity contribution in [1.82, 2.24) is 9.97 Å². The third-order valence-electron chi connectivity index (χ3n) is 7.10. The van der Waals surface area contributed by atoms with E-state index in [-0.39, 0.29) is 24.0 Å². The molecule has 0 radical (unpaired) electrons.